The third-order valence-corrected chi connectivity index (χ3v) is 9.62. The van der Waals surface area contributed by atoms with Crippen LogP contribution in [0, 0.1) is 11.2 Å². The molecule has 1 heterocycles. The topological polar surface area (TPSA) is 86.7 Å². The van der Waals surface area contributed by atoms with Gasteiger partial charge in [-0.3, -0.25) is 4.79 Å². The van der Waals surface area contributed by atoms with Gasteiger partial charge in [0.25, 0.3) is 0 Å². The number of carbonyl (C=O) groups is 1. The first-order chi connectivity index (χ1) is 17.1. The van der Waals surface area contributed by atoms with Gasteiger partial charge in [-0.25, -0.2) is 12.8 Å². The molecule has 1 aliphatic rings. The van der Waals surface area contributed by atoms with E-state index in [1.54, 1.807) is 12.1 Å². The summed E-state index contributed by atoms with van der Waals surface area (Å²) in [4.78, 5) is 14.1. The van der Waals surface area contributed by atoms with Crippen LogP contribution in [0.25, 0.3) is 0 Å². The van der Waals surface area contributed by atoms with E-state index in [1.807, 2.05) is 23.3 Å². The molecule has 2 aromatic rings. The average molecular weight is 537 g/mol. The molecule has 0 spiro atoms. The molecule has 2 aromatic carbocycles. The fraction of sp³-hybridized carbons (Fsp3) is 0.519. The molecule has 36 heavy (non-hydrogen) atoms. The standard InChI is InChI=1S/C27H37FN2O4S2/c1-4-6-11-27(12-7-5-2)18-30(22-10-8-9-21(28)14-22)23-15-24(35-3)20(16-29-17-26(31)32)13-25(23)36(33,34)19-27/h8-10,13-15,29H,4-7,11-12,16-19H2,1-3H3,(H,31,32). The van der Waals surface area contributed by atoms with Gasteiger partial charge in [0, 0.05) is 29.1 Å². The average Bonchev–Trinajstić information content (AvgIpc) is 2.93. The Bertz CT molecular complexity index is 1160. The maximum absolute atomic E-state index is 14.4. The first-order valence-corrected chi connectivity index (χ1v) is 15.4. The van der Waals surface area contributed by atoms with Crippen LogP contribution in [0.1, 0.15) is 57.9 Å². The normalized spacial score (nSPS) is 16.4. The minimum atomic E-state index is -3.68. The maximum Gasteiger partial charge on any atom is 0.317 e. The highest BCUT2D eigenvalue weighted by Gasteiger charge is 2.42. The van der Waals surface area contributed by atoms with Gasteiger partial charge in [0.1, 0.15) is 5.82 Å². The molecule has 0 saturated carbocycles. The van der Waals surface area contributed by atoms with Gasteiger partial charge in [-0.15, -0.1) is 11.8 Å². The van der Waals surface area contributed by atoms with E-state index in [4.69, 9.17) is 5.11 Å². The van der Waals surface area contributed by atoms with Crippen LogP contribution in [0.3, 0.4) is 0 Å². The Balaban J connectivity index is 2.22. The van der Waals surface area contributed by atoms with Crippen molar-refractivity contribution in [1.29, 1.82) is 0 Å². The van der Waals surface area contributed by atoms with Crippen molar-refractivity contribution in [3.63, 3.8) is 0 Å². The van der Waals surface area contributed by atoms with Gasteiger partial charge in [0.15, 0.2) is 9.84 Å². The van der Waals surface area contributed by atoms with Gasteiger partial charge >= 0.3 is 5.97 Å². The Morgan fingerprint density at radius 2 is 1.86 bits per heavy atom. The number of hydrogen-bond acceptors (Lipinski definition) is 6. The zero-order valence-electron chi connectivity index (χ0n) is 21.3. The van der Waals surface area contributed by atoms with E-state index in [0.717, 1.165) is 49.0 Å². The first kappa shape index (κ1) is 28.5. The number of sulfone groups is 1. The van der Waals surface area contributed by atoms with Crippen LogP contribution in [-0.2, 0) is 21.2 Å². The second kappa shape index (κ2) is 12.4. The van der Waals surface area contributed by atoms with E-state index in [-0.39, 0.29) is 29.6 Å². The fourth-order valence-corrected chi connectivity index (χ4v) is 7.81. The van der Waals surface area contributed by atoms with Crippen LogP contribution < -0.4 is 10.2 Å². The molecule has 9 heteroatoms. The van der Waals surface area contributed by atoms with Gasteiger partial charge in [-0.05, 0) is 55.0 Å². The molecule has 2 N–H and O–H groups in total. The van der Waals surface area contributed by atoms with Crippen LogP contribution in [0.5, 0.6) is 0 Å². The number of anilines is 2. The summed E-state index contributed by atoms with van der Waals surface area (Å²) in [6.45, 7) is 4.73. The number of unbranched alkanes of at least 4 members (excludes halogenated alkanes) is 2. The van der Waals surface area contributed by atoms with Crippen LogP contribution in [0.2, 0.25) is 0 Å². The largest absolute Gasteiger partial charge is 0.480 e. The minimum absolute atomic E-state index is 0.0411. The summed E-state index contributed by atoms with van der Waals surface area (Å²) < 4.78 is 42.3. The summed E-state index contributed by atoms with van der Waals surface area (Å²) in [5.41, 5.74) is 1.47. The number of rotatable bonds is 12. The smallest absolute Gasteiger partial charge is 0.317 e. The number of hydrogen-bond donors (Lipinski definition) is 2. The molecular formula is C27H37FN2O4S2. The van der Waals surface area contributed by atoms with Crippen molar-refractivity contribution in [3.8, 4) is 0 Å². The lowest BCUT2D eigenvalue weighted by atomic mass is 9.79. The Morgan fingerprint density at radius 1 is 1.17 bits per heavy atom. The van der Waals surface area contributed by atoms with Crippen molar-refractivity contribution >= 4 is 38.9 Å². The predicted octanol–water partition coefficient (Wildman–Crippen LogP) is 6.01. The number of fused-ring (bicyclic) bond motifs is 1. The molecule has 0 amide bonds. The number of nitrogens with zero attached hydrogens (tertiary/aromatic N) is 1. The third-order valence-electron chi connectivity index (χ3n) is 6.81. The van der Waals surface area contributed by atoms with E-state index >= 15 is 0 Å². The van der Waals surface area contributed by atoms with E-state index < -0.39 is 21.2 Å². The molecule has 6 nitrogen and oxygen atoms in total. The number of aliphatic carboxylic acids is 1. The third kappa shape index (κ3) is 6.81. The molecule has 0 aliphatic carbocycles. The lowest BCUT2D eigenvalue weighted by Gasteiger charge is -2.37. The van der Waals surface area contributed by atoms with E-state index in [9.17, 15) is 17.6 Å². The van der Waals surface area contributed by atoms with Crippen molar-refractivity contribution in [2.45, 2.75) is 68.7 Å². The van der Waals surface area contributed by atoms with Gasteiger partial charge in [-0.1, -0.05) is 45.6 Å². The van der Waals surface area contributed by atoms with E-state index in [1.165, 1.54) is 23.9 Å². The van der Waals surface area contributed by atoms with Crippen LogP contribution in [0.4, 0.5) is 15.8 Å². The lowest BCUT2D eigenvalue weighted by Crippen LogP contribution is -2.38. The molecule has 198 valence electrons. The van der Waals surface area contributed by atoms with Crippen molar-refractivity contribution in [2.75, 3.05) is 30.0 Å². The van der Waals surface area contributed by atoms with Crippen LogP contribution >= 0.6 is 11.8 Å². The lowest BCUT2D eigenvalue weighted by molar-refractivity contribution is -0.136. The molecule has 3 rings (SSSR count). The minimum Gasteiger partial charge on any atom is -0.480 e. The summed E-state index contributed by atoms with van der Waals surface area (Å²) in [6.07, 6.45) is 7.26. The van der Waals surface area contributed by atoms with Gasteiger partial charge in [-0.2, -0.15) is 0 Å². The van der Waals surface area contributed by atoms with Crippen molar-refractivity contribution in [1.82, 2.24) is 5.32 Å². The molecule has 0 aromatic heterocycles. The SMILES string of the molecule is CCCCC1(CCCC)CN(c2cccc(F)c2)c2cc(SC)c(CNCC(=O)O)cc2S(=O)(=O)C1. The van der Waals surface area contributed by atoms with E-state index in [2.05, 4.69) is 19.2 Å². The number of carboxylic acid groups (broad SMARTS) is 1. The molecule has 0 radical (unpaired) electrons. The number of halogens is 1. The van der Waals surface area contributed by atoms with Crippen molar-refractivity contribution in [2.24, 2.45) is 5.41 Å². The van der Waals surface area contributed by atoms with Crippen LogP contribution in [0.15, 0.2) is 46.2 Å². The molecule has 0 unspecified atom stereocenters. The highest BCUT2D eigenvalue weighted by molar-refractivity contribution is 7.98. The summed E-state index contributed by atoms with van der Waals surface area (Å²) in [6, 6.07) is 9.90. The summed E-state index contributed by atoms with van der Waals surface area (Å²) in [5.74, 6) is -1.30. The maximum atomic E-state index is 14.4. The Kier molecular flexibility index (Phi) is 9.83. The zero-order chi connectivity index (χ0) is 26.3. The van der Waals surface area contributed by atoms with Crippen molar-refractivity contribution in [3.05, 3.63) is 47.8 Å². The number of carboxylic acids is 1. The Hall–Kier alpha value is -2.10. The number of thioether (sulfide) groups is 1. The van der Waals surface area contributed by atoms with E-state index in [0.29, 0.717) is 17.9 Å². The predicted molar refractivity (Wildman–Crippen MR) is 145 cm³/mol. The molecule has 1 aliphatic heterocycles. The van der Waals surface area contributed by atoms with Crippen LogP contribution in [-0.4, -0.2) is 44.6 Å². The second-order valence-electron chi connectivity index (χ2n) is 9.66. The number of nitrogens with one attached hydrogen (secondary N) is 1. The van der Waals surface area contributed by atoms with Gasteiger partial charge in [0.05, 0.1) is 22.9 Å². The van der Waals surface area contributed by atoms with Crippen molar-refractivity contribution < 1.29 is 22.7 Å². The quantitative estimate of drug-likeness (QED) is 0.321. The van der Waals surface area contributed by atoms with Gasteiger partial charge in [0.2, 0.25) is 0 Å². The fourth-order valence-electron chi connectivity index (χ4n) is 5.04. The summed E-state index contributed by atoms with van der Waals surface area (Å²) >= 11 is 1.48. The molecule has 0 bridgehead atoms. The molecule has 0 saturated heterocycles. The Labute approximate surface area is 218 Å². The highest BCUT2D eigenvalue weighted by atomic mass is 32.2. The highest BCUT2D eigenvalue weighted by Crippen LogP contribution is 2.46. The Morgan fingerprint density at radius 3 is 2.44 bits per heavy atom. The summed E-state index contributed by atoms with van der Waals surface area (Å²) in [7, 11) is -3.68. The molecular weight excluding hydrogens is 499 g/mol. The zero-order valence-corrected chi connectivity index (χ0v) is 23.0. The molecule has 0 atom stereocenters. The first-order valence-electron chi connectivity index (χ1n) is 12.5. The number of benzene rings is 2. The monoisotopic (exact) mass is 536 g/mol. The van der Waals surface area contributed by atoms with Gasteiger partial charge < -0.3 is 15.3 Å². The molecule has 0 fully saturated rings. The summed E-state index contributed by atoms with van der Waals surface area (Å²) in [5, 5.41) is 11.9. The second-order valence-corrected chi connectivity index (χ2v) is 12.5.